The van der Waals surface area contributed by atoms with Gasteiger partial charge in [-0.1, -0.05) is 13.0 Å². The average molecular weight is 289 g/mol. The molecule has 1 aliphatic rings. The average Bonchev–Trinajstić information content (AvgIpc) is 2.98. The lowest BCUT2D eigenvalue weighted by Crippen LogP contribution is -2.45. The third-order valence-electron chi connectivity index (χ3n) is 3.55. The van der Waals surface area contributed by atoms with E-state index >= 15 is 0 Å². The highest BCUT2D eigenvalue weighted by Gasteiger charge is 2.19. The minimum atomic E-state index is 0.914. The molecule has 1 fully saturated rings. The highest BCUT2D eigenvalue weighted by molar-refractivity contribution is 7.09. The van der Waals surface area contributed by atoms with Gasteiger partial charge < -0.3 is 4.90 Å². The van der Waals surface area contributed by atoms with Crippen LogP contribution in [0.2, 0.25) is 0 Å². The first-order valence-corrected chi connectivity index (χ1v) is 7.81. The summed E-state index contributed by atoms with van der Waals surface area (Å²) in [4.78, 5) is 13.5. The summed E-state index contributed by atoms with van der Waals surface area (Å²) >= 11 is 1.52. The number of nitrogens with zero attached hydrogens (tertiary/aromatic N) is 5. The zero-order chi connectivity index (χ0) is 13.8. The Morgan fingerprint density at radius 1 is 1.25 bits per heavy atom. The molecule has 2 aromatic heterocycles. The Balaban J connectivity index is 1.54. The van der Waals surface area contributed by atoms with Crippen molar-refractivity contribution in [1.82, 2.24) is 19.2 Å². The molecular weight excluding hydrogens is 270 g/mol. The van der Waals surface area contributed by atoms with Crippen LogP contribution in [0.1, 0.15) is 18.3 Å². The maximum Gasteiger partial charge on any atom is 0.205 e. The van der Waals surface area contributed by atoms with E-state index in [-0.39, 0.29) is 0 Å². The fraction of sp³-hybridized carbons (Fsp3) is 0.500. The number of pyridine rings is 1. The van der Waals surface area contributed by atoms with Gasteiger partial charge >= 0.3 is 0 Å². The smallest absolute Gasteiger partial charge is 0.205 e. The van der Waals surface area contributed by atoms with Crippen LogP contribution in [0.3, 0.4) is 0 Å². The second-order valence-electron chi connectivity index (χ2n) is 4.97. The van der Waals surface area contributed by atoms with Crippen LogP contribution >= 0.6 is 11.5 Å². The van der Waals surface area contributed by atoms with E-state index in [2.05, 4.69) is 37.1 Å². The van der Waals surface area contributed by atoms with Gasteiger partial charge in [-0.3, -0.25) is 9.88 Å². The van der Waals surface area contributed by atoms with Crippen LogP contribution in [0.15, 0.2) is 24.5 Å². The first-order chi connectivity index (χ1) is 9.85. The maximum atomic E-state index is 4.57. The van der Waals surface area contributed by atoms with Gasteiger partial charge in [-0.25, -0.2) is 4.98 Å². The molecule has 0 amide bonds. The van der Waals surface area contributed by atoms with E-state index in [0.717, 1.165) is 50.1 Å². The van der Waals surface area contributed by atoms with Crippen molar-refractivity contribution >= 4 is 16.7 Å². The summed E-state index contributed by atoms with van der Waals surface area (Å²) in [5.74, 6) is 0.961. The van der Waals surface area contributed by atoms with Crippen molar-refractivity contribution in [1.29, 1.82) is 0 Å². The minimum absolute atomic E-state index is 0.914. The minimum Gasteiger partial charge on any atom is -0.344 e. The molecule has 0 bridgehead atoms. The van der Waals surface area contributed by atoms with E-state index in [0.29, 0.717) is 0 Å². The second kappa shape index (κ2) is 6.28. The van der Waals surface area contributed by atoms with Gasteiger partial charge in [-0.2, -0.15) is 4.37 Å². The molecule has 20 heavy (non-hydrogen) atoms. The molecule has 1 saturated heterocycles. The van der Waals surface area contributed by atoms with Gasteiger partial charge in [0.15, 0.2) is 0 Å². The number of anilines is 1. The van der Waals surface area contributed by atoms with Gasteiger partial charge in [0.05, 0.1) is 0 Å². The monoisotopic (exact) mass is 289 g/mol. The van der Waals surface area contributed by atoms with Crippen LogP contribution in [0.5, 0.6) is 0 Å². The summed E-state index contributed by atoms with van der Waals surface area (Å²) < 4.78 is 4.36. The van der Waals surface area contributed by atoms with Crippen LogP contribution in [0.4, 0.5) is 5.13 Å². The molecule has 0 N–H and O–H groups in total. The molecule has 0 aliphatic carbocycles. The van der Waals surface area contributed by atoms with Crippen LogP contribution in [0.25, 0.3) is 0 Å². The number of aromatic nitrogens is 3. The van der Waals surface area contributed by atoms with E-state index in [1.165, 1.54) is 17.1 Å². The fourth-order valence-corrected chi connectivity index (χ4v) is 3.17. The van der Waals surface area contributed by atoms with Crippen molar-refractivity contribution in [2.24, 2.45) is 0 Å². The molecule has 0 atom stereocenters. The zero-order valence-electron chi connectivity index (χ0n) is 11.7. The Hall–Kier alpha value is -1.53. The summed E-state index contributed by atoms with van der Waals surface area (Å²) in [6.07, 6.45) is 4.68. The molecule has 0 saturated carbocycles. The Kier molecular flexibility index (Phi) is 4.22. The van der Waals surface area contributed by atoms with Gasteiger partial charge in [-0.05, 0) is 11.6 Å². The van der Waals surface area contributed by atoms with Crippen molar-refractivity contribution in [2.45, 2.75) is 19.9 Å². The van der Waals surface area contributed by atoms with Crippen molar-refractivity contribution < 1.29 is 0 Å². The summed E-state index contributed by atoms with van der Waals surface area (Å²) in [5, 5.41) is 1.07. The quantitative estimate of drug-likeness (QED) is 0.859. The van der Waals surface area contributed by atoms with E-state index < -0.39 is 0 Å². The summed E-state index contributed by atoms with van der Waals surface area (Å²) in [6.45, 7) is 7.26. The fourth-order valence-electron chi connectivity index (χ4n) is 2.36. The molecule has 0 unspecified atom stereocenters. The Bertz CT molecular complexity index is 534. The molecule has 0 aromatic carbocycles. The van der Waals surface area contributed by atoms with Gasteiger partial charge in [0.1, 0.15) is 5.82 Å². The predicted molar refractivity (Wildman–Crippen MR) is 81.0 cm³/mol. The topological polar surface area (TPSA) is 45.2 Å². The summed E-state index contributed by atoms with van der Waals surface area (Å²) in [6, 6.07) is 4.14. The van der Waals surface area contributed by atoms with Gasteiger partial charge in [0, 0.05) is 63.1 Å². The number of hydrogen-bond acceptors (Lipinski definition) is 6. The molecule has 2 aromatic rings. The Morgan fingerprint density at radius 2 is 2.10 bits per heavy atom. The standard InChI is InChI=1S/C14H19N5S/c1-2-13-16-14(20-17-13)19-8-6-18(7-9-19)11-12-4-3-5-15-10-12/h3-5,10H,2,6-9,11H2,1H3. The van der Waals surface area contributed by atoms with Crippen LogP contribution in [-0.2, 0) is 13.0 Å². The second-order valence-corrected chi connectivity index (χ2v) is 5.70. The van der Waals surface area contributed by atoms with Gasteiger partial charge in [-0.15, -0.1) is 0 Å². The molecule has 6 heteroatoms. The molecule has 0 spiro atoms. The van der Waals surface area contributed by atoms with Gasteiger partial charge in [0.2, 0.25) is 5.13 Å². The largest absolute Gasteiger partial charge is 0.344 e. The molecule has 1 aliphatic heterocycles. The number of piperazine rings is 1. The van der Waals surface area contributed by atoms with E-state index in [1.807, 2.05) is 18.5 Å². The van der Waals surface area contributed by atoms with Crippen molar-refractivity contribution in [3.8, 4) is 0 Å². The SMILES string of the molecule is CCc1nsc(N2CCN(Cc3cccnc3)CC2)n1. The zero-order valence-corrected chi connectivity index (χ0v) is 12.5. The third-order valence-corrected chi connectivity index (χ3v) is 4.36. The third kappa shape index (κ3) is 3.13. The lowest BCUT2D eigenvalue weighted by molar-refractivity contribution is 0.249. The molecule has 106 valence electrons. The maximum absolute atomic E-state index is 4.57. The normalized spacial score (nSPS) is 16.6. The van der Waals surface area contributed by atoms with E-state index in [9.17, 15) is 0 Å². The van der Waals surface area contributed by atoms with Crippen molar-refractivity contribution in [3.63, 3.8) is 0 Å². The molecule has 0 radical (unpaired) electrons. The number of rotatable bonds is 4. The number of aryl methyl sites for hydroxylation is 1. The van der Waals surface area contributed by atoms with Crippen LogP contribution in [0, 0.1) is 0 Å². The highest BCUT2D eigenvalue weighted by Crippen LogP contribution is 2.19. The first-order valence-electron chi connectivity index (χ1n) is 7.04. The number of hydrogen-bond donors (Lipinski definition) is 0. The summed E-state index contributed by atoms with van der Waals surface area (Å²) in [7, 11) is 0. The van der Waals surface area contributed by atoms with Crippen molar-refractivity contribution in [3.05, 3.63) is 35.9 Å². The Morgan fingerprint density at radius 3 is 2.75 bits per heavy atom. The lowest BCUT2D eigenvalue weighted by Gasteiger charge is -2.34. The predicted octanol–water partition coefficient (Wildman–Crippen LogP) is 1.82. The summed E-state index contributed by atoms with van der Waals surface area (Å²) in [5.41, 5.74) is 1.28. The van der Waals surface area contributed by atoms with Gasteiger partial charge in [0.25, 0.3) is 0 Å². The van der Waals surface area contributed by atoms with Crippen LogP contribution < -0.4 is 4.90 Å². The van der Waals surface area contributed by atoms with E-state index in [4.69, 9.17) is 0 Å². The molecule has 5 nitrogen and oxygen atoms in total. The molecule has 3 heterocycles. The molecule has 3 rings (SSSR count). The lowest BCUT2D eigenvalue weighted by atomic mass is 10.2. The van der Waals surface area contributed by atoms with E-state index in [1.54, 1.807) is 0 Å². The first kappa shape index (κ1) is 13.5. The van der Waals surface area contributed by atoms with Crippen molar-refractivity contribution in [2.75, 3.05) is 31.1 Å². The Labute approximate surface area is 123 Å². The highest BCUT2D eigenvalue weighted by atomic mass is 32.1. The molecular formula is C14H19N5S. The van der Waals surface area contributed by atoms with Crippen LogP contribution in [-0.4, -0.2) is 45.4 Å².